The van der Waals surface area contributed by atoms with E-state index >= 15 is 0 Å². The minimum atomic E-state index is -0.0115. The van der Waals surface area contributed by atoms with E-state index in [4.69, 9.17) is 14.0 Å². The van der Waals surface area contributed by atoms with Gasteiger partial charge in [-0.2, -0.15) is 0 Å². The molecule has 4 rings (SSSR count). The average Bonchev–Trinajstić information content (AvgIpc) is 3.14. The van der Waals surface area contributed by atoms with Crippen LogP contribution in [-0.4, -0.2) is 54.7 Å². The second kappa shape index (κ2) is 9.44. The highest BCUT2D eigenvalue weighted by atomic mass is 16.5. The molecular weight excluding hydrogens is 406 g/mol. The van der Waals surface area contributed by atoms with Gasteiger partial charge in [-0.05, 0) is 44.7 Å². The van der Waals surface area contributed by atoms with Crippen molar-refractivity contribution in [1.82, 2.24) is 15.0 Å². The second-order valence-electron chi connectivity index (χ2n) is 8.14. The maximum Gasteiger partial charge on any atom is 0.254 e. The lowest BCUT2D eigenvalue weighted by atomic mass is 10.0. The smallest absolute Gasteiger partial charge is 0.254 e. The summed E-state index contributed by atoms with van der Waals surface area (Å²) < 4.78 is 16.7. The van der Waals surface area contributed by atoms with E-state index in [2.05, 4.69) is 29.2 Å². The summed E-state index contributed by atoms with van der Waals surface area (Å²) in [6.45, 7) is 6.36. The predicted molar refractivity (Wildman–Crippen MR) is 121 cm³/mol. The molecule has 1 fully saturated rings. The molecule has 1 aliphatic heterocycles. The van der Waals surface area contributed by atoms with Crippen molar-refractivity contribution >= 4 is 5.91 Å². The fourth-order valence-corrected chi connectivity index (χ4v) is 4.07. The number of ether oxygens (including phenoxy) is 2. The van der Waals surface area contributed by atoms with Crippen LogP contribution in [0.4, 0.5) is 0 Å². The van der Waals surface area contributed by atoms with Crippen LogP contribution in [0.15, 0.2) is 53.1 Å². The molecule has 168 valence electrons. The number of likely N-dealkylation sites (N-methyl/N-ethyl adjacent to an activating group) is 1. The quantitative estimate of drug-likeness (QED) is 0.583. The number of carbonyl (C=O) groups excluding carboxylic acids is 1. The lowest BCUT2D eigenvalue weighted by molar-refractivity contribution is 0.0497. The third kappa shape index (κ3) is 4.48. The Hall–Kier alpha value is -3.32. The number of rotatable bonds is 6. The van der Waals surface area contributed by atoms with E-state index in [0.717, 1.165) is 35.7 Å². The van der Waals surface area contributed by atoms with Gasteiger partial charge in [-0.3, -0.25) is 4.79 Å². The highest BCUT2D eigenvalue weighted by molar-refractivity contribution is 5.95. The van der Waals surface area contributed by atoms with Crippen molar-refractivity contribution in [3.63, 3.8) is 0 Å². The summed E-state index contributed by atoms with van der Waals surface area (Å²) >= 11 is 0. The summed E-state index contributed by atoms with van der Waals surface area (Å²) in [5.74, 6) is 1.81. The molecule has 2 aromatic carbocycles. The molecule has 32 heavy (non-hydrogen) atoms. The third-order valence-corrected chi connectivity index (χ3v) is 5.99. The Morgan fingerprint density at radius 1 is 1.12 bits per heavy atom. The molecule has 0 aliphatic carbocycles. The van der Waals surface area contributed by atoms with Gasteiger partial charge in [0.1, 0.15) is 12.4 Å². The summed E-state index contributed by atoms with van der Waals surface area (Å²) in [6, 6.07) is 15.5. The molecular formula is C25H29N3O4. The average molecular weight is 436 g/mol. The lowest BCUT2D eigenvalue weighted by Crippen LogP contribution is -2.49. The van der Waals surface area contributed by atoms with E-state index in [0.29, 0.717) is 30.2 Å². The topological polar surface area (TPSA) is 68.0 Å². The number of hydrogen-bond acceptors (Lipinski definition) is 6. The van der Waals surface area contributed by atoms with E-state index in [1.165, 1.54) is 0 Å². The summed E-state index contributed by atoms with van der Waals surface area (Å²) in [5, 5.41) is 3.96. The summed E-state index contributed by atoms with van der Waals surface area (Å²) in [4.78, 5) is 17.7. The van der Waals surface area contributed by atoms with Gasteiger partial charge in [0, 0.05) is 25.2 Å². The first-order valence-corrected chi connectivity index (χ1v) is 10.7. The Morgan fingerprint density at radius 3 is 2.59 bits per heavy atom. The number of piperazine rings is 1. The Morgan fingerprint density at radius 2 is 1.91 bits per heavy atom. The summed E-state index contributed by atoms with van der Waals surface area (Å²) in [6.07, 6.45) is 0. The van der Waals surface area contributed by atoms with Crippen molar-refractivity contribution in [3.8, 4) is 11.5 Å². The van der Waals surface area contributed by atoms with Gasteiger partial charge in [-0.25, -0.2) is 0 Å². The molecule has 7 nitrogen and oxygen atoms in total. The molecule has 0 saturated carbocycles. The van der Waals surface area contributed by atoms with Crippen LogP contribution in [0.1, 0.15) is 39.0 Å². The molecule has 0 spiro atoms. The molecule has 1 aliphatic rings. The van der Waals surface area contributed by atoms with Crippen molar-refractivity contribution in [1.29, 1.82) is 0 Å². The largest absolute Gasteiger partial charge is 0.493 e. The summed E-state index contributed by atoms with van der Waals surface area (Å²) in [5.41, 5.74) is 3.43. The number of nitrogens with zero attached hydrogens (tertiary/aromatic N) is 3. The standard InChI is InChI=1S/C25H29N3O4/c1-17-21(18(2)32-26-17)16-31-23-11-10-20(14-24(23)30-4)25(29)28-13-12-27(3)15-22(28)19-8-6-5-7-9-19/h5-11,14,22H,12-13,15-16H2,1-4H3. The van der Waals surface area contributed by atoms with Gasteiger partial charge in [0.05, 0.1) is 24.4 Å². The van der Waals surface area contributed by atoms with Crippen LogP contribution >= 0.6 is 0 Å². The molecule has 3 aromatic rings. The fourth-order valence-electron chi connectivity index (χ4n) is 4.07. The predicted octanol–water partition coefficient (Wildman–Crippen LogP) is 4.01. The lowest BCUT2D eigenvalue weighted by Gasteiger charge is -2.40. The molecule has 1 aromatic heterocycles. The minimum Gasteiger partial charge on any atom is -0.493 e. The number of benzene rings is 2. The Balaban J connectivity index is 1.55. The normalized spacial score (nSPS) is 16.8. The third-order valence-electron chi connectivity index (χ3n) is 5.99. The van der Waals surface area contributed by atoms with Crippen LogP contribution in [0.25, 0.3) is 0 Å². The number of methoxy groups -OCH3 is 1. The molecule has 0 bridgehead atoms. The van der Waals surface area contributed by atoms with Gasteiger partial charge in [0.15, 0.2) is 11.5 Å². The fraction of sp³-hybridized carbons (Fsp3) is 0.360. The number of aryl methyl sites for hydroxylation is 2. The van der Waals surface area contributed by atoms with Gasteiger partial charge in [0.25, 0.3) is 5.91 Å². The van der Waals surface area contributed by atoms with E-state index in [1.54, 1.807) is 25.3 Å². The molecule has 1 saturated heterocycles. The maximum absolute atomic E-state index is 13.5. The molecule has 0 radical (unpaired) electrons. The number of carbonyl (C=O) groups is 1. The zero-order valence-corrected chi connectivity index (χ0v) is 19.0. The van der Waals surface area contributed by atoms with Crippen LogP contribution in [-0.2, 0) is 6.61 Å². The molecule has 2 heterocycles. The van der Waals surface area contributed by atoms with Crippen LogP contribution in [0, 0.1) is 13.8 Å². The SMILES string of the molecule is COc1cc(C(=O)N2CCN(C)CC2c2ccccc2)ccc1OCc1c(C)noc1C. The first-order valence-electron chi connectivity index (χ1n) is 10.7. The number of aromatic nitrogens is 1. The zero-order chi connectivity index (χ0) is 22.7. The van der Waals surface area contributed by atoms with Crippen molar-refractivity contribution < 1.29 is 18.8 Å². The molecule has 1 amide bonds. The molecule has 0 N–H and O–H groups in total. The van der Waals surface area contributed by atoms with E-state index in [1.807, 2.05) is 36.9 Å². The first kappa shape index (κ1) is 21.9. The molecule has 1 unspecified atom stereocenters. The van der Waals surface area contributed by atoms with Gasteiger partial charge >= 0.3 is 0 Å². The van der Waals surface area contributed by atoms with Crippen LogP contribution in [0.3, 0.4) is 0 Å². The van der Waals surface area contributed by atoms with Gasteiger partial charge in [-0.1, -0.05) is 35.5 Å². The number of amides is 1. The molecule has 7 heteroatoms. The van der Waals surface area contributed by atoms with Crippen molar-refractivity contribution in [2.24, 2.45) is 0 Å². The first-order chi connectivity index (χ1) is 15.5. The van der Waals surface area contributed by atoms with Gasteiger partial charge < -0.3 is 23.8 Å². The monoisotopic (exact) mass is 435 g/mol. The van der Waals surface area contributed by atoms with E-state index < -0.39 is 0 Å². The van der Waals surface area contributed by atoms with Crippen LogP contribution in [0.2, 0.25) is 0 Å². The van der Waals surface area contributed by atoms with Gasteiger partial charge in [0.2, 0.25) is 0 Å². The molecule has 1 atom stereocenters. The summed E-state index contributed by atoms with van der Waals surface area (Å²) in [7, 11) is 3.67. The Bertz CT molecular complexity index is 1060. The van der Waals surface area contributed by atoms with E-state index in [9.17, 15) is 4.79 Å². The van der Waals surface area contributed by atoms with Gasteiger partial charge in [-0.15, -0.1) is 0 Å². The van der Waals surface area contributed by atoms with Crippen molar-refractivity contribution in [2.75, 3.05) is 33.8 Å². The Labute approximate surface area is 188 Å². The zero-order valence-electron chi connectivity index (χ0n) is 19.0. The maximum atomic E-state index is 13.5. The van der Waals surface area contributed by atoms with Crippen LogP contribution < -0.4 is 9.47 Å². The van der Waals surface area contributed by atoms with Crippen LogP contribution in [0.5, 0.6) is 11.5 Å². The second-order valence-corrected chi connectivity index (χ2v) is 8.14. The van der Waals surface area contributed by atoms with Crippen molar-refractivity contribution in [3.05, 3.63) is 76.7 Å². The van der Waals surface area contributed by atoms with E-state index in [-0.39, 0.29) is 11.9 Å². The highest BCUT2D eigenvalue weighted by Crippen LogP contribution is 2.32. The van der Waals surface area contributed by atoms with Crippen molar-refractivity contribution in [2.45, 2.75) is 26.5 Å². The Kier molecular flexibility index (Phi) is 6.46. The highest BCUT2D eigenvalue weighted by Gasteiger charge is 2.31. The number of hydrogen-bond donors (Lipinski definition) is 0. The minimum absolute atomic E-state index is 0.00362.